The van der Waals surface area contributed by atoms with Crippen LogP contribution in [0.4, 0.5) is 10.1 Å². The van der Waals surface area contributed by atoms with E-state index in [9.17, 15) is 24.3 Å². The van der Waals surface area contributed by atoms with Gasteiger partial charge in [0.25, 0.3) is 5.91 Å². The van der Waals surface area contributed by atoms with E-state index in [4.69, 9.17) is 5.73 Å². The Hall–Kier alpha value is -4.01. The maximum Gasteiger partial charge on any atom is 0.341 e. The zero-order valence-electron chi connectivity index (χ0n) is 23.3. The number of halogens is 2. The normalized spacial score (nSPS) is 19.7. The molecule has 2 aliphatic heterocycles. The number of thioether (sulfide) groups is 1. The molecule has 2 aromatic carbocycles. The number of aromatic carboxylic acids is 1. The number of nitrogens with zero attached hydrogens (tertiary/aromatic N) is 4. The van der Waals surface area contributed by atoms with Gasteiger partial charge in [0, 0.05) is 48.3 Å². The van der Waals surface area contributed by atoms with Gasteiger partial charge >= 0.3 is 5.97 Å². The van der Waals surface area contributed by atoms with Crippen LogP contribution in [0.5, 0.6) is 0 Å². The molecule has 1 saturated carbocycles. The molecule has 0 radical (unpaired) electrons. The molecular weight excluding hydrogens is 655 g/mol. The molecule has 2 amide bonds. The summed E-state index contributed by atoms with van der Waals surface area (Å²) in [5, 5.41) is 12.5. The quantitative estimate of drug-likeness (QED) is 0.336. The predicted octanol–water partition coefficient (Wildman–Crippen LogP) is 3.17. The lowest BCUT2D eigenvalue weighted by Gasteiger charge is -2.36. The summed E-state index contributed by atoms with van der Waals surface area (Å²) < 4.78 is 18.0. The largest absolute Gasteiger partial charge is 0.477 e. The van der Waals surface area contributed by atoms with E-state index in [1.807, 2.05) is 29.2 Å². The summed E-state index contributed by atoms with van der Waals surface area (Å²) in [5.41, 5.74) is 6.99. The fraction of sp³-hybridized carbons (Fsp3) is 0.300. The Morgan fingerprint density at radius 2 is 1.84 bits per heavy atom. The number of nitrogens with one attached hydrogen (secondary N) is 1. The number of fused-ring (bicyclic) bond motifs is 1. The molecule has 44 heavy (non-hydrogen) atoms. The molecule has 0 bridgehead atoms. The Labute approximate surface area is 263 Å². The van der Waals surface area contributed by atoms with E-state index < -0.39 is 23.4 Å². The van der Waals surface area contributed by atoms with Crippen LogP contribution >= 0.6 is 27.7 Å². The maximum absolute atomic E-state index is 15.3. The van der Waals surface area contributed by atoms with Gasteiger partial charge in [-0.3, -0.25) is 14.4 Å². The van der Waals surface area contributed by atoms with Crippen molar-refractivity contribution in [2.75, 3.05) is 36.8 Å². The van der Waals surface area contributed by atoms with E-state index in [-0.39, 0.29) is 39.7 Å². The number of piperazine rings is 1. The molecular formula is C30H28BrFN6O5S. The van der Waals surface area contributed by atoms with Crippen LogP contribution in [0.1, 0.15) is 34.8 Å². The molecule has 11 nitrogen and oxygen atoms in total. The monoisotopic (exact) mass is 682 g/mol. The number of carboxylic acids is 1. The van der Waals surface area contributed by atoms with Gasteiger partial charge in [-0.2, -0.15) is 0 Å². The summed E-state index contributed by atoms with van der Waals surface area (Å²) in [6, 6.07) is 10.2. The highest BCUT2D eigenvalue weighted by molar-refractivity contribution is 9.10. The molecule has 1 aromatic heterocycles. The van der Waals surface area contributed by atoms with Crippen molar-refractivity contribution < 1.29 is 23.9 Å². The molecule has 0 spiro atoms. The van der Waals surface area contributed by atoms with E-state index in [1.165, 1.54) is 6.20 Å². The molecule has 14 heteroatoms. The maximum atomic E-state index is 15.3. The Kier molecular flexibility index (Phi) is 8.31. The Morgan fingerprint density at radius 1 is 1.14 bits per heavy atom. The first-order valence-electron chi connectivity index (χ1n) is 14.0. The number of hydrogen-bond donors (Lipinski definition) is 3. The van der Waals surface area contributed by atoms with Crippen LogP contribution in [0.3, 0.4) is 0 Å². The van der Waals surface area contributed by atoms with Gasteiger partial charge < -0.3 is 30.5 Å². The zero-order chi connectivity index (χ0) is 31.1. The Balaban J connectivity index is 1.09. The first kappa shape index (κ1) is 30.0. The molecule has 3 heterocycles. The molecule has 2 fully saturated rings. The van der Waals surface area contributed by atoms with Crippen molar-refractivity contribution in [2.45, 2.75) is 25.0 Å². The number of anilines is 1. The topological polar surface area (TPSA) is 150 Å². The van der Waals surface area contributed by atoms with Crippen LogP contribution in [0.25, 0.3) is 17.0 Å². The molecule has 228 valence electrons. The van der Waals surface area contributed by atoms with Gasteiger partial charge in [0.05, 0.1) is 22.5 Å². The van der Waals surface area contributed by atoms with Crippen molar-refractivity contribution in [3.63, 3.8) is 0 Å². The summed E-state index contributed by atoms with van der Waals surface area (Å²) in [6.07, 6.45) is 3.88. The van der Waals surface area contributed by atoms with Crippen molar-refractivity contribution >= 4 is 73.3 Å². The molecule has 1 unspecified atom stereocenters. The van der Waals surface area contributed by atoms with Crippen LogP contribution in [-0.4, -0.2) is 75.6 Å². The minimum absolute atomic E-state index is 0.0391. The number of rotatable bonds is 6. The number of carboxylic acid groups (broad SMARTS) is 1. The lowest BCUT2D eigenvalue weighted by atomic mass is 10.1. The van der Waals surface area contributed by atoms with Crippen LogP contribution in [0.2, 0.25) is 0 Å². The third kappa shape index (κ3) is 6.14. The number of carbonyl (C=O) groups is 3. The minimum Gasteiger partial charge on any atom is -0.477 e. The van der Waals surface area contributed by atoms with E-state index >= 15 is 4.39 Å². The number of benzene rings is 2. The molecule has 3 aromatic rings. The number of aromatic nitrogens is 1. The van der Waals surface area contributed by atoms with Crippen LogP contribution in [0.15, 0.2) is 62.4 Å². The van der Waals surface area contributed by atoms with Gasteiger partial charge in [0.2, 0.25) is 11.3 Å². The van der Waals surface area contributed by atoms with Crippen LogP contribution in [-0.2, 0) is 9.59 Å². The lowest BCUT2D eigenvalue weighted by Crippen LogP contribution is -2.50. The number of aliphatic imine (C=N–C) groups is 1. The summed E-state index contributed by atoms with van der Waals surface area (Å²) in [6.45, 7) is 1.43. The molecule has 1 aliphatic carbocycles. The molecule has 1 atom stereocenters. The van der Waals surface area contributed by atoms with Gasteiger partial charge in [0.1, 0.15) is 17.5 Å². The van der Waals surface area contributed by atoms with E-state index in [0.29, 0.717) is 43.0 Å². The number of carbonyl (C=O) groups excluding carboxylic acids is 2. The molecule has 3 aliphatic rings. The number of amidine groups is 1. The SMILES string of the molecule is NC1N=C(SCC(=O)N2CCN(c3cc4c(cc3F)c(=O)c(C(=O)O)cn4C3CC3)CC2)NC(=O)/C1=C/c1ccc(Br)cc1. The second-order valence-electron chi connectivity index (χ2n) is 10.8. The van der Waals surface area contributed by atoms with Crippen molar-refractivity contribution in [1.29, 1.82) is 0 Å². The summed E-state index contributed by atoms with van der Waals surface area (Å²) in [5.74, 6) is -2.44. The lowest BCUT2D eigenvalue weighted by molar-refractivity contribution is -0.128. The number of hydrogen-bond acceptors (Lipinski definition) is 8. The first-order valence-corrected chi connectivity index (χ1v) is 15.8. The smallest absolute Gasteiger partial charge is 0.341 e. The van der Waals surface area contributed by atoms with Crippen molar-refractivity contribution in [1.82, 2.24) is 14.8 Å². The van der Waals surface area contributed by atoms with Crippen molar-refractivity contribution in [3.05, 3.63) is 79.8 Å². The van der Waals surface area contributed by atoms with Crippen LogP contribution < -0.4 is 21.4 Å². The minimum atomic E-state index is -1.34. The highest BCUT2D eigenvalue weighted by atomic mass is 79.9. The zero-order valence-corrected chi connectivity index (χ0v) is 25.7. The molecule has 6 rings (SSSR count). The van der Waals surface area contributed by atoms with Gasteiger partial charge in [-0.1, -0.05) is 39.8 Å². The second-order valence-corrected chi connectivity index (χ2v) is 12.7. The van der Waals surface area contributed by atoms with Crippen LogP contribution in [0, 0.1) is 5.82 Å². The highest BCUT2D eigenvalue weighted by Gasteiger charge is 2.30. The van der Waals surface area contributed by atoms with Gasteiger partial charge in [-0.05, 0) is 48.7 Å². The van der Waals surface area contributed by atoms with Gasteiger partial charge in [0.15, 0.2) is 5.17 Å². The van der Waals surface area contributed by atoms with E-state index in [1.54, 1.807) is 21.6 Å². The number of pyridine rings is 1. The number of nitrogens with two attached hydrogens (primary N) is 1. The average molecular weight is 684 g/mol. The van der Waals surface area contributed by atoms with Gasteiger partial charge in [-0.15, -0.1) is 0 Å². The Bertz CT molecular complexity index is 1800. The summed E-state index contributed by atoms with van der Waals surface area (Å²) >= 11 is 4.48. The highest BCUT2D eigenvalue weighted by Crippen LogP contribution is 2.38. The van der Waals surface area contributed by atoms with Gasteiger partial charge in [-0.25, -0.2) is 14.2 Å². The van der Waals surface area contributed by atoms with Crippen molar-refractivity contribution in [2.24, 2.45) is 10.7 Å². The van der Waals surface area contributed by atoms with E-state index in [0.717, 1.165) is 40.7 Å². The predicted molar refractivity (Wildman–Crippen MR) is 170 cm³/mol. The molecule has 1 saturated heterocycles. The second kappa shape index (κ2) is 12.2. The average Bonchev–Trinajstić information content (AvgIpc) is 3.84. The standard InChI is InChI=1S/C30H28BrFN6O5S/c31-17-3-1-16(2-4-17)11-20-27(33)34-30(35-28(20)41)44-15-25(39)37-9-7-36(8-10-37)24-13-23-19(12-22(24)32)26(40)21(29(42)43)14-38(23)18-5-6-18/h1-4,11-14,18,27H,5-10,15,33H2,(H,42,43)(H,34,35,41)/b20-11+. The number of amides is 2. The molecule has 4 N–H and O–H groups in total. The summed E-state index contributed by atoms with van der Waals surface area (Å²) in [4.78, 5) is 57.9. The summed E-state index contributed by atoms with van der Waals surface area (Å²) in [7, 11) is 0. The Morgan fingerprint density at radius 3 is 2.48 bits per heavy atom. The first-order chi connectivity index (χ1) is 21.1. The fourth-order valence-electron chi connectivity index (χ4n) is 5.32. The third-order valence-corrected chi connectivity index (χ3v) is 9.23. The fourth-order valence-corrected chi connectivity index (χ4v) is 6.38. The van der Waals surface area contributed by atoms with Crippen molar-refractivity contribution in [3.8, 4) is 0 Å². The third-order valence-electron chi connectivity index (χ3n) is 7.83. The van der Waals surface area contributed by atoms with E-state index in [2.05, 4.69) is 26.2 Å².